The molecular formula is C13H23N3OS. The molecule has 102 valence electrons. The average Bonchev–Trinajstić information content (AvgIpc) is 2.98. The maximum Gasteiger partial charge on any atom is 0.146 e. The first-order valence-corrected chi connectivity index (χ1v) is 7.72. The zero-order valence-corrected chi connectivity index (χ0v) is 12.1. The predicted octanol–water partition coefficient (Wildman–Crippen LogP) is 2.57. The van der Waals surface area contributed by atoms with Crippen LogP contribution < -0.4 is 5.32 Å². The number of hydrogen-bond acceptors (Lipinski definition) is 5. The van der Waals surface area contributed by atoms with Crippen LogP contribution in [0.4, 0.5) is 0 Å². The molecule has 0 aromatic carbocycles. The largest absolute Gasteiger partial charge is 0.371 e. The van der Waals surface area contributed by atoms with E-state index < -0.39 is 0 Å². The number of nitrogens with zero attached hydrogens (tertiary/aromatic N) is 2. The predicted molar refractivity (Wildman–Crippen MR) is 73.9 cm³/mol. The minimum absolute atomic E-state index is 0.218. The Balaban J connectivity index is 1.67. The highest BCUT2D eigenvalue weighted by Crippen LogP contribution is 2.30. The van der Waals surface area contributed by atoms with E-state index in [2.05, 4.69) is 29.4 Å². The van der Waals surface area contributed by atoms with Crippen LogP contribution in [0.1, 0.15) is 49.2 Å². The van der Waals surface area contributed by atoms with Gasteiger partial charge in [-0.05, 0) is 38.3 Å². The molecule has 2 rings (SSSR count). The topological polar surface area (TPSA) is 47.0 Å². The van der Waals surface area contributed by atoms with E-state index in [0.717, 1.165) is 61.3 Å². The van der Waals surface area contributed by atoms with E-state index in [1.165, 1.54) is 0 Å². The van der Waals surface area contributed by atoms with Crippen LogP contribution in [0.15, 0.2) is 0 Å². The van der Waals surface area contributed by atoms with Gasteiger partial charge in [0.1, 0.15) is 16.1 Å². The number of nitrogens with one attached hydrogen (secondary N) is 1. The first kappa shape index (κ1) is 13.9. The fraction of sp³-hybridized carbons (Fsp3) is 0.846. The lowest BCUT2D eigenvalue weighted by Gasteiger charge is -2.05. The van der Waals surface area contributed by atoms with Crippen molar-refractivity contribution in [2.24, 2.45) is 5.92 Å². The van der Waals surface area contributed by atoms with Crippen molar-refractivity contribution in [2.45, 2.75) is 45.6 Å². The van der Waals surface area contributed by atoms with Crippen LogP contribution in [-0.2, 0) is 11.2 Å². The number of aryl methyl sites for hydroxylation is 1. The fourth-order valence-electron chi connectivity index (χ4n) is 2.03. The second kappa shape index (κ2) is 7.16. The van der Waals surface area contributed by atoms with Crippen LogP contribution in [0.2, 0.25) is 0 Å². The molecule has 5 heteroatoms. The van der Waals surface area contributed by atoms with Gasteiger partial charge in [0.05, 0.1) is 0 Å². The molecule has 1 saturated heterocycles. The van der Waals surface area contributed by atoms with E-state index in [1.54, 1.807) is 11.3 Å². The summed E-state index contributed by atoms with van der Waals surface area (Å²) in [6.07, 6.45) is 4.63. The van der Waals surface area contributed by atoms with Gasteiger partial charge >= 0.3 is 0 Å². The molecule has 0 amide bonds. The van der Waals surface area contributed by atoms with Gasteiger partial charge in [-0.1, -0.05) is 25.2 Å². The van der Waals surface area contributed by atoms with E-state index in [9.17, 15) is 0 Å². The molecule has 0 saturated carbocycles. The van der Waals surface area contributed by atoms with Crippen LogP contribution in [0, 0.1) is 5.92 Å². The van der Waals surface area contributed by atoms with Gasteiger partial charge in [0.25, 0.3) is 0 Å². The summed E-state index contributed by atoms with van der Waals surface area (Å²) in [4.78, 5) is 0. The van der Waals surface area contributed by atoms with Gasteiger partial charge in [-0.25, -0.2) is 0 Å². The number of ether oxygens (including phenoxy) is 1. The molecule has 1 aromatic heterocycles. The normalized spacial score (nSPS) is 19.8. The molecule has 2 heterocycles. The summed E-state index contributed by atoms with van der Waals surface area (Å²) in [7, 11) is 0. The number of hydrogen-bond donors (Lipinski definition) is 1. The molecule has 1 aromatic rings. The summed E-state index contributed by atoms with van der Waals surface area (Å²) >= 11 is 1.72. The molecule has 1 fully saturated rings. The molecule has 0 spiro atoms. The van der Waals surface area contributed by atoms with Crippen molar-refractivity contribution in [1.82, 2.24) is 15.5 Å². The first-order chi connectivity index (χ1) is 8.75. The number of aromatic nitrogens is 2. The SMILES string of the molecule is CC(C)CNCCCc1nnc(C2CCCO2)s1. The molecule has 4 nitrogen and oxygen atoms in total. The van der Waals surface area contributed by atoms with Crippen molar-refractivity contribution >= 4 is 11.3 Å². The maximum atomic E-state index is 5.62. The Morgan fingerprint density at radius 2 is 2.33 bits per heavy atom. The Bertz CT molecular complexity index is 348. The Kier molecular flexibility index (Phi) is 5.53. The monoisotopic (exact) mass is 269 g/mol. The van der Waals surface area contributed by atoms with Crippen LogP contribution in [-0.4, -0.2) is 29.9 Å². The van der Waals surface area contributed by atoms with Crippen molar-refractivity contribution in [1.29, 1.82) is 0 Å². The fourth-order valence-corrected chi connectivity index (χ4v) is 2.99. The summed E-state index contributed by atoms with van der Waals surface area (Å²) < 4.78 is 5.62. The van der Waals surface area contributed by atoms with Crippen molar-refractivity contribution in [3.63, 3.8) is 0 Å². The number of rotatable bonds is 7. The van der Waals surface area contributed by atoms with Crippen LogP contribution >= 0.6 is 11.3 Å². The van der Waals surface area contributed by atoms with Crippen molar-refractivity contribution in [2.75, 3.05) is 19.7 Å². The Morgan fingerprint density at radius 1 is 1.44 bits per heavy atom. The highest BCUT2D eigenvalue weighted by atomic mass is 32.1. The van der Waals surface area contributed by atoms with Crippen LogP contribution in [0.3, 0.4) is 0 Å². The third-order valence-corrected chi connectivity index (χ3v) is 4.06. The van der Waals surface area contributed by atoms with Crippen molar-refractivity contribution in [3.05, 3.63) is 10.0 Å². The molecular weight excluding hydrogens is 246 g/mol. The molecule has 0 bridgehead atoms. The lowest BCUT2D eigenvalue weighted by atomic mass is 10.2. The van der Waals surface area contributed by atoms with E-state index >= 15 is 0 Å². The van der Waals surface area contributed by atoms with Gasteiger partial charge in [0.15, 0.2) is 0 Å². The van der Waals surface area contributed by atoms with Gasteiger partial charge in [0.2, 0.25) is 0 Å². The van der Waals surface area contributed by atoms with Crippen molar-refractivity contribution in [3.8, 4) is 0 Å². The molecule has 1 aliphatic rings. The van der Waals surface area contributed by atoms with Gasteiger partial charge in [-0.3, -0.25) is 0 Å². The van der Waals surface area contributed by atoms with Gasteiger partial charge in [-0.2, -0.15) is 0 Å². The Labute approximate surface area is 113 Å². The molecule has 1 aliphatic heterocycles. The van der Waals surface area contributed by atoms with E-state index in [4.69, 9.17) is 4.74 Å². The minimum atomic E-state index is 0.218. The lowest BCUT2D eigenvalue weighted by Crippen LogP contribution is -2.21. The first-order valence-electron chi connectivity index (χ1n) is 6.90. The van der Waals surface area contributed by atoms with Crippen LogP contribution in [0.25, 0.3) is 0 Å². The summed E-state index contributed by atoms with van der Waals surface area (Å²) in [6, 6.07) is 0. The molecule has 1 unspecified atom stereocenters. The summed E-state index contributed by atoms with van der Waals surface area (Å²) in [5.41, 5.74) is 0. The quantitative estimate of drug-likeness (QED) is 0.773. The summed E-state index contributed by atoms with van der Waals surface area (Å²) in [5, 5.41) is 14.2. The van der Waals surface area contributed by atoms with E-state index in [0.29, 0.717) is 0 Å². The Hall–Kier alpha value is -0.520. The highest BCUT2D eigenvalue weighted by molar-refractivity contribution is 7.11. The Morgan fingerprint density at radius 3 is 3.06 bits per heavy atom. The zero-order chi connectivity index (χ0) is 12.8. The average molecular weight is 269 g/mol. The van der Waals surface area contributed by atoms with E-state index in [1.807, 2.05) is 0 Å². The zero-order valence-electron chi connectivity index (χ0n) is 11.3. The maximum absolute atomic E-state index is 5.62. The standard InChI is InChI=1S/C13H23N3OS/c1-10(2)9-14-7-3-6-12-15-16-13(18-12)11-5-4-8-17-11/h10-11,14H,3-9H2,1-2H3. The van der Waals surface area contributed by atoms with Crippen LogP contribution in [0.5, 0.6) is 0 Å². The third-order valence-electron chi connectivity index (χ3n) is 2.98. The highest BCUT2D eigenvalue weighted by Gasteiger charge is 2.21. The van der Waals surface area contributed by atoms with Gasteiger partial charge < -0.3 is 10.1 Å². The lowest BCUT2D eigenvalue weighted by molar-refractivity contribution is 0.111. The minimum Gasteiger partial charge on any atom is -0.371 e. The molecule has 0 radical (unpaired) electrons. The van der Waals surface area contributed by atoms with E-state index in [-0.39, 0.29) is 6.10 Å². The van der Waals surface area contributed by atoms with Gasteiger partial charge in [-0.15, -0.1) is 10.2 Å². The molecule has 18 heavy (non-hydrogen) atoms. The van der Waals surface area contributed by atoms with Crippen molar-refractivity contribution < 1.29 is 4.74 Å². The molecule has 1 atom stereocenters. The summed E-state index contributed by atoms with van der Waals surface area (Å²) in [6.45, 7) is 7.49. The second-order valence-electron chi connectivity index (χ2n) is 5.24. The molecule has 1 N–H and O–H groups in total. The van der Waals surface area contributed by atoms with Gasteiger partial charge in [0, 0.05) is 13.0 Å². The third kappa shape index (κ3) is 4.30. The second-order valence-corrected chi connectivity index (χ2v) is 6.33. The smallest absolute Gasteiger partial charge is 0.146 e. The molecule has 0 aliphatic carbocycles. The summed E-state index contributed by atoms with van der Waals surface area (Å²) in [5.74, 6) is 0.720.